The molecule has 1 fully saturated rings. The minimum Gasteiger partial charge on any atom is -0.319 e. The van der Waals surface area contributed by atoms with Gasteiger partial charge in [0, 0.05) is 10.8 Å². The van der Waals surface area contributed by atoms with E-state index in [9.17, 15) is 0 Å². The van der Waals surface area contributed by atoms with E-state index in [0.29, 0.717) is 5.41 Å². The molecule has 0 aromatic carbocycles. The number of hydrogen-bond donors (Lipinski definition) is 1. The third-order valence-corrected chi connectivity index (χ3v) is 5.49. The van der Waals surface area contributed by atoms with Crippen LogP contribution in [0.1, 0.15) is 77.4 Å². The van der Waals surface area contributed by atoms with Crippen LogP contribution in [0.2, 0.25) is 0 Å². The molecule has 0 spiro atoms. The fourth-order valence-electron chi connectivity index (χ4n) is 2.75. The normalized spacial score (nSPS) is 28.1. The molecule has 1 saturated carbocycles. The van der Waals surface area contributed by atoms with E-state index in [0.717, 1.165) is 17.8 Å². The van der Waals surface area contributed by atoms with Crippen LogP contribution in [0, 0.1) is 5.41 Å². The summed E-state index contributed by atoms with van der Waals surface area (Å²) in [5.74, 6) is 0. The fourth-order valence-corrected chi connectivity index (χ4v) is 3.97. The minimum absolute atomic E-state index is 0.120. The zero-order valence-corrected chi connectivity index (χ0v) is 13.9. The van der Waals surface area contributed by atoms with E-state index in [1.54, 1.807) is 11.3 Å². The Morgan fingerprint density at radius 3 is 2.42 bits per heavy atom. The van der Waals surface area contributed by atoms with Crippen LogP contribution >= 0.6 is 11.3 Å². The fraction of sp³-hybridized carbons (Fsp3) is 0.812. The van der Waals surface area contributed by atoms with Crippen LogP contribution in [-0.2, 0) is 11.0 Å². The highest BCUT2D eigenvalue weighted by Crippen LogP contribution is 2.42. The molecular weight excluding hydrogens is 252 g/mol. The van der Waals surface area contributed by atoms with Gasteiger partial charge in [0.2, 0.25) is 0 Å². The van der Waals surface area contributed by atoms with E-state index < -0.39 is 0 Å². The van der Waals surface area contributed by atoms with Crippen LogP contribution in [-0.4, -0.2) is 4.98 Å². The molecule has 1 atom stereocenters. The Morgan fingerprint density at radius 1 is 1.16 bits per heavy atom. The Labute approximate surface area is 121 Å². The van der Waals surface area contributed by atoms with Crippen molar-refractivity contribution in [2.75, 3.05) is 0 Å². The van der Waals surface area contributed by atoms with Gasteiger partial charge in [0.1, 0.15) is 5.01 Å². The Balaban J connectivity index is 2.22. The summed E-state index contributed by atoms with van der Waals surface area (Å²) in [5, 5.41) is 3.34. The standard InChI is InChI=1S/C16H28N2S/c1-14(2,3)12-11-19-13(18-12)16(17)8-6-7-15(4,5)9-10-16/h11H,6-10,17H2,1-5H3. The summed E-state index contributed by atoms with van der Waals surface area (Å²) in [7, 11) is 0. The van der Waals surface area contributed by atoms with Gasteiger partial charge in [-0.3, -0.25) is 0 Å². The van der Waals surface area contributed by atoms with Crippen molar-refractivity contribution in [3.63, 3.8) is 0 Å². The van der Waals surface area contributed by atoms with Gasteiger partial charge in [-0.25, -0.2) is 4.98 Å². The lowest BCUT2D eigenvalue weighted by atomic mass is 9.84. The molecule has 19 heavy (non-hydrogen) atoms. The highest BCUT2D eigenvalue weighted by molar-refractivity contribution is 7.09. The molecule has 2 nitrogen and oxygen atoms in total. The van der Waals surface area contributed by atoms with Crippen LogP contribution in [0.4, 0.5) is 0 Å². The molecule has 0 aliphatic heterocycles. The van der Waals surface area contributed by atoms with E-state index in [2.05, 4.69) is 40.0 Å². The number of hydrogen-bond acceptors (Lipinski definition) is 3. The van der Waals surface area contributed by atoms with Gasteiger partial charge in [0.15, 0.2) is 0 Å². The average Bonchev–Trinajstić information content (AvgIpc) is 2.71. The lowest BCUT2D eigenvalue weighted by Gasteiger charge is -2.27. The lowest BCUT2D eigenvalue weighted by molar-refractivity contribution is 0.298. The third kappa shape index (κ3) is 3.38. The summed E-state index contributed by atoms with van der Waals surface area (Å²) in [6.07, 6.45) is 5.84. The summed E-state index contributed by atoms with van der Waals surface area (Å²) >= 11 is 1.76. The van der Waals surface area contributed by atoms with Gasteiger partial charge in [-0.15, -0.1) is 11.3 Å². The first kappa shape index (κ1) is 15.0. The number of rotatable bonds is 1. The molecule has 1 heterocycles. The van der Waals surface area contributed by atoms with Crippen molar-refractivity contribution in [2.45, 2.75) is 77.7 Å². The zero-order valence-electron chi connectivity index (χ0n) is 13.0. The molecule has 0 amide bonds. The van der Waals surface area contributed by atoms with Crippen molar-refractivity contribution in [1.29, 1.82) is 0 Å². The molecule has 1 aromatic heterocycles. The van der Waals surface area contributed by atoms with E-state index in [-0.39, 0.29) is 11.0 Å². The van der Waals surface area contributed by atoms with Crippen molar-refractivity contribution in [2.24, 2.45) is 11.1 Å². The van der Waals surface area contributed by atoms with Crippen LogP contribution in [0.3, 0.4) is 0 Å². The second kappa shape index (κ2) is 4.85. The van der Waals surface area contributed by atoms with Crippen LogP contribution < -0.4 is 5.73 Å². The molecule has 1 aliphatic carbocycles. The SMILES string of the molecule is CC1(C)CCCC(N)(c2nc(C(C)(C)C)cs2)CC1. The first-order valence-corrected chi connectivity index (χ1v) is 8.26. The molecule has 1 aromatic rings. The quantitative estimate of drug-likeness (QED) is 0.764. The third-order valence-electron chi connectivity index (χ3n) is 4.42. The van der Waals surface area contributed by atoms with Gasteiger partial charge < -0.3 is 5.73 Å². The highest BCUT2D eigenvalue weighted by Gasteiger charge is 2.36. The minimum atomic E-state index is -0.193. The van der Waals surface area contributed by atoms with E-state index in [4.69, 9.17) is 10.7 Å². The molecule has 3 heteroatoms. The number of nitrogens with zero attached hydrogens (tertiary/aromatic N) is 1. The molecule has 2 N–H and O–H groups in total. The molecular formula is C16H28N2S. The number of thiazole rings is 1. The predicted molar refractivity (Wildman–Crippen MR) is 83.5 cm³/mol. The van der Waals surface area contributed by atoms with Gasteiger partial charge in [-0.2, -0.15) is 0 Å². The Morgan fingerprint density at radius 2 is 1.84 bits per heavy atom. The monoisotopic (exact) mass is 280 g/mol. The molecule has 0 radical (unpaired) electrons. The molecule has 108 valence electrons. The van der Waals surface area contributed by atoms with Gasteiger partial charge in [0.25, 0.3) is 0 Å². The zero-order chi connectivity index (χ0) is 14.3. The average molecular weight is 280 g/mol. The Kier molecular flexibility index (Phi) is 3.83. The van der Waals surface area contributed by atoms with Gasteiger partial charge >= 0.3 is 0 Å². The maximum absolute atomic E-state index is 6.71. The smallest absolute Gasteiger partial charge is 0.113 e. The highest BCUT2D eigenvalue weighted by atomic mass is 32.1. The van der Waals surface area contributed by atoms with Crippen molar-refractivity contribution >= 4 is 11.3 Å². The van der Waals surface area contributed by atoms with Crippen molar-refractivity contribution < 1.29 is 0 Å². The van der Waals surface area contributed by atoms with Crippen LogP contribution in [0.25, 0.3) is 0 Å². The number of aromatic nitrogens is 1. The second-order valence-electron chi connectivity index (χ2n) is 7.96. The molecule has 2 rings (SSSR count). The number of nitrogens with two attached hydrogens (primary N) is 1. The Bertz CT molecular complexity index is 442. The topological polar surface area (TPSA) is 38.9 Å². The van der Waals surface area contributed by atoms with E-state index in [1.165, 1.54) is 25.0 Å². The molecule has 1 aliphatic rings. The van der Waals surface area contributed by atoms with Crippen molar-refractivity contribution in [3.05, 3.63) is 16.1 Å². The summed E-state index contributed by atoms with van der Waals surface area (Å²) in [6.45, 7) is 11.4. The van der Waals surface area contributed by atoms with E-state index >= 15 is 0 Å². The Hall–Kier alpha value is -0.410. The summed E-state index contributed by atoms with van der Waals surface area (Å²) in [4.78, 5) is 4.86. The maximum atomic E-state index is 6.71. The van der Waals surface area contributed by atoms with E-state index in [1.807, 2.05) is 0 Å². The predicted octanol–water partition coefficient (Wildman–Crippen LogP) is 4.58. The molecule has 0 saturated heterocycles. The second-order valence-corrected chi connectivity index (χ2v) is 8.82. The van der Waals surface area contributed by atoms with Crippen molar-refractivity contribution in [1.82, 2.24) is 4.98 Å². The summed E-state index contributed by atoms with van der Waals surface area (Å²) in [5.41, 5.74) is 8.25. The summed E-state index contributed by atoms with van der Waals surface area (Å²) in [6, 6.07) is 0. The lowest BCUT2D eigenvalue weighted by Crippen LogP contribution is -2.36. The van der Waals surface area contributed by atoms with Gasteiger partial charge in [-0.05, 0) is 31.1 Å². The van der Waals surface area contributed by atoms with Crippen molar-refractivity contribution in [3.8, 4) is 0 Å². The van der Waals surface area contributed by atoms with Gasteiger partial charge in [-0.1, -0.05) is 41.0 Å². The first-order valence-electron chi connectivity index (χ1n) is 7.38. The van der Waals surface area contributed by atoms with Crippen LogP contribution in [0.15, 0.2) is 5.38 Å². The largest absolute Gasteiger partial charge is 0.319 e. The van der Waals surface area contributed by atoms with Gasteiger partial charge in [0.05, 0.1) is 11.2 Å². The van der Waals surface area contributed by atoms with Crippen LogP contribution in [0.5, 0.6) is 0 Å². The molecule has 1 unspecified atom stereocenters. The first-order chi connectivity index (χ1) is 8.62. The summed E-state index contributed by atoms with van der Waals surface area (Å²) < 4.78 is 0. The molecule has 0 bridgehead atoms. The maximum Gasteiger partial charge on any atom is 0.113 e.